The van der Waals surface area contributed by atoms with Crippen LogP contribution in [-0.2, 0) is 5.41 Å². The van der Waals surface area contributed by atoms with E-state index in [1.807, 2.05) is 26.0 Å². The van der Waals surface area contributed by atoms with Crippen LogP contribution in [0, 0.1) is 5.82 Å². The van der Waals surface area contributed by atoms with Gasteiger partial charge in [0, 0.05) is 0 Å². The van der Waals surface area contributed by atoms with Gasteiger partial charge in [-0.2, -0.15) is 0 Å². The first kappa shape index (κ1) is 12.2. The van der Waals surface area contributed by atoms with E-state index in [9.17, 15) is 4.39 Å². The maximum Gasteiger partial charge on any atom is 0.126 e. The normalized spacial score (nSPS) is 18.1. The molecule has 1 heteroatoms. The van der Waals surface area contributed by atoms with Crippen molar-refractivity contribution >= 4 is 0 Å². The standard InChI is InChI=1S/C12H15F.C2H6/c1-12(8-4-5-9-12)10-6-2-3-7-11(10)13;1-2/h2-3,6-7H,4-5,8-9H2,1H3;1-2H3. The van der Waals surface area contributed by atoms with Crippen LogP contribution >= 0.6 is 0 Å². The van der Waals surface area contributed by atoms with Crippen LogP contribution in [0.25, 0.3) is 0 Å². The Labute approximate surface area is 92.5 Å². The average Bonchev–Trinajstić information content (AvgIpc) is 2.70. The molecule has 0 N–H and O–H groups in total. The van der Waals surface area contributed by atoms with Gasteiger partial charge < -0.3 is 0 Å². The SMILES string of the molecule is CC.CC1(c2ccccc2F)CCCC1. The minimum atomic E-state index is -0.0353. The smallest absolute Gasteiger partial charge is 0.126 e. The van der Waals surface area contributed by atoms with Gasteiger partial charge in [-0.15, -0.1) is 0 Å². The first-order valence-corrected chi connectivity index (χ1v) is 5.97. The van der Waals surface area contributed by atoms with Crippen molar-refractivity contribution in [2.24, 2.45) is 0 Å². The van der Waals surface area contributed by atoms with Crippen LogP contribution in [0.5, 0.6) is 0 Å². The lowest BCUT2D eigenvalue weighted by molar-refractivity contribution is 0.457. The second-order valence-corrected chi connectivity index (χ2v) is 4.25. The fourth-order valence-corrected chi connectivity index (χ4v) is 2.38. The Morgan fingerprint density at radius 2 is 1.60 bits per heavy atom. The van der Waals surface area contributed by atoms with Gasteiger partial charge in [0.2, 0.25) is 0 Å². The number of halogens is 1. The van der Waals surface area contributed by atoms with Crippen molar-refractivity contribution in [3.63, 3.8) is 0 Å². The van der Waals surface area contributed by atoms with E-state index in [4.69, 9.17) is 0 Å². The first-order valence-electron chi connectivity index (χ1n) is 5.97. The van der Waals surface area contributed by atoms with E-state index in [2.05, 4.69) is 6.92 Å². The molecule has 0 radical (unpaired) electrons. The third kappa shape index (κ3) is 2.58. The van der Waals surface area contributed by atoms with E-state index in [0.717, 1.165) is 18.4 Å². The molecule has 0 saturated heterocycles. The minimum absolute atomic E-state index is 0.0353. The van der Waals surface area contributed by atoms with Crippen LogP contribution in [-0.4, -0.2) is 0 Å². The highest BCUT2D eigenvalue weighted by Gasteiger charge is 2.32. The van der Waals surface area contributed by atoms with E-state index in [1.54, 1.807) is 12.1 Å². The van der Waals surface area contributed by atoms with Crippen molar-refractivity contribution in [2.45, 2.75) is 51.9 Å². The summed E-state index contributed by atoms with van der Waals surface area (Å²) >= 11 is 0. The second kappa shape index (κ2) is 5.29. The fourth-order valence-electron chi connectivity index (χ4n) is 2.38. The molecule has 1 aromatic rings. The Morgan fingerprint density at radius 1 is 1.07 bits per heavy atom. The van der Waals surface area contributed by atoms with Crippen LogP contribution in [0.3, 0.4) is 0 Å². The highest BCUT2D eigenvalue weighted by atomic mass is 19.1. The van der Waals surface area contributed by atoms with Crippen molar-refractivity contribution in [1.82, 2.24) is 0 Å². The van der Waals surface area contributed by atoms with Crippen molar-refractivity contribution in [2.75, 3.05) is 0 Å². The zero-order chi connectivity index (χ0) is 11.3. The van der Waals surface area contributed by atoms with Gasteiger partial charge >= 0.3 is 0 Å². The second-order valence-electron chi connectivity index (χ2n) is 4.25. The van der Waals surface area contributed by atoms with E-state index in [0.29, 0.717) is 0 Å². The van der Waals surface area contributed by atoms with Crippen molar-refractivity contribution < 1.29 is 4.39 Å². The highest BCUT2D eigenvalue weighted by molar-refractivity contribution is 5.27. The zero-order valence-corrected chi connectivity index (χ0v) is 10.0. The van der Waals surface area contributed by atoms with Gasteiger partial charge in [-0.05, 0) is 29.9 Å². The third-order valence-electron chi connectivity index (χ3n) is 3.23. The molecule has 0 amide bonds. The summed E-state index contributed by atoms with van der Waals surface area (Å²) in [5.74, 6) is -0.0353. The summed E-state index contributed by atoms with van der Waals surface area (Å²) < 4.78 is 13.5. The first-order chi connectivity index (χ1) is 7.22. The molecule has 1 aliphatic rings. The Kier molecular flexibility index (Phi) is 4.31. The van der Waals surface area contributed by atoms with Crippen LogP contribution in [0.15, 0.2) is 24.3 Å². The summed E-state index contributed by atoms with van der Waals surface area (Å²) in [5, 5.41) is 0. The van der Waals surface area contributed by atoms with Crippen LogP contribution in [0.2, 0.25) is 0 Å². The molecule has 0 heterocycles. The number of benzene rings is 1. The molecule has 0 atom stereocenters. The molecule has 15 heavy (non-hydrogen) atoms. The molecular formula is C14H21F. The fraction of sp³-hybridized carbons (Fsp3) is 0.571. The molecule has 1 aliphatic carbocycles. The summed E-state index contributed by atoms with van der Waals surface area (Å²) in [5.41, 5.74) is 1.01. The van der Waals surface area contributed by atoms with Crippen molar-refractivity contribution in [3.8, 4) is 0 Å². The Balaban J connectivity index is 0.000000531. The summed E-state index contributed by atoms with van der Waals surface area (Å²) in [6.07, 6.45) is 4.75. The van der Waals surface area contributed by atoms with Gasteiger partial charge in [0.25, 0.3) is 0 Å². The molecule has 0 spiro atoms. The molecule has 0 aliphatic heterocycles. The van der Waals surface area contributed by atoms with E-state index in [1.165, 1.54) is 12.8 Å². The molecule has 1 saturated carbocycles. The quantitative estimate of drug-likeness (QED) is 0.628. The summed E-state index contributed by atoms with van der Waals surface area (Å²) in [7, 11) is 0. The van der Waals surface area contributed by atoms with Crippen molar-refractivity contribution in [1.29, 1.82) is 0 Å². The van der Waals surface area contributed by atoms with Gasteiger partial charge in [-0.3, -0.25) is 0 Å². The maximum absolute atomic E-state index is 13.5. The predicted octanol–water partition coefficient (Wildman–Crippen LogP) is 4.68. The summed E-state index contributed by atoms with van der Waals surface area (Å²) in [6, 6.07) is 7.19. The largest absolute Gasteiger partial charge is 0.207 e. The average molecular weight is 208 g/mol. The van der Waals surface area contributed by atoms with Gasteiger partial charge in [-0.1, -0.05) is 51.8 Å². The monoisotopic (exact) mass is 208 g/mol. The molecule has 0 unspecified atom stereocenters. The molecule has 84 valence electrons. The van der Waals surface area contributed by atoms with Crippen LogP contribution in [0.1, 0.15) is 52.0 Å². The Hall–Kier alpha value is -0.850. The van der Waals surface area contributed by atoms with Crippen LogP contribution in [0.4, 0.5) is 4.39 Å². The number of rotatable bonds is 1. The van der Waals surface area contributed by atoms with Gasteiger partial charge in [-0.25, -0.2) is 4.39 Å². The summed E-state index contributed by atoms with van der Waals surface area (Å²) in [6.45, 7) is 6.18. The molecule has 0 aromatic heterocycles. The topological polar surface area (TPSA) is 0 Å². The lowest BCUT2D eigenvalue weighted by Gasteiger charge is -2.24. The zero-order valence-electron chi connectivity index (χ0n) is 10.0. The third-order valence-corrected chi connectivity index (χ3v) is 3.23. The Morgan fingerprint density at radius 3 is 2.13 bits per heavy atom. The molecule has 1 fully saturated rings. The molecule has 1 aromatic carbocycles. The predicted molar refractivity (Wildman–Crippen MR) is 63.6 cm³/mol. The molecule has 0 nitrogen and oxygen atoms in total. The van der Waals surface area contributed by atoms with E-state index >= 15 is 0 Å². The summed E-state index contributed by atoms with van der Waals surface area (Å²) in [4.78, 5) is 0. The minimum Gasteiger partial charge on any atom is -0.207 e. The molecule has 2 rings (SSSR count). The lowest BCUT2D eigenvalue weighted by atomic mass is 9.81. The van der Waals surface area contributed by atoms with Gasteiger partial charge in [0.05, 0.1) is 0 Å². The van der Waals surface area contributed by atoms with E-state index < -0.39 is 0 Å². The number of hydrogen-bond acceptors (Lipinski definition) is 0. The van der Waals surface area contributed by atoms with Gasteiger partial charge in [0.1, 0.15) is 5.82 Å². The molecule has 0 bridgehead atoms. The van der Waals surface area contributed by atoms with Crippen molar-refractivity contribution in [3.05, 3.63) is 35.6 Å². The maximum atomic E-state index is 13.5. The number of hydrogen-bond donors (Lipinski definition) is 0. The highest BCUT2D eigenvalue weighted by Crippen LogP contribution is 2.41. The van der Waals surface area contributed by atoms with Crippen LogP contribution < -0.4 is 0 Å². The lowest BCUT2D eigenvalue weighted by Crippen LogP contribution is -2.18. The molecular weight excluding hydrogens is 187 g/mol. The Bertz CT molecular complexity index is 298. The van der Waals surface area contributed by atoms with Gasteiger partial charge in [0.15, 0.2) is 0 Å². The van der Waals surface area contributed by atoms with E-state index in [-0.39, 0.29) is 11.2 Å².